The van der Waals surface area contributed by atoms with Gasteiger partial charge in [-0.2, -0.15) is 0 Å². The van der Waals surface area contributed by atoms with E-state index in [2.05, 4.69) is 5.32 Å². The van der Waals surface area contributed by atoms with Crippen LogP contribution in [0.5, 0.6) is 0 Å². The van der Waals surface area contributed by atoms with Gasteiger partial charge in [0, 0.05) is 17.0 Å². The van der Waals surface area contributed by atoms with Crippen LogP contribution in [-0.2, 0) is 17.8 Å². The van der Waals surface area contributed by atoms with Crippen molar-refractivity contribution in [3.8, 4) is 0 Å². The van der Waals surface area contributed by atoms with E-state index in [1.807, 2.05) is 36.4 Å². The molecule has 0 bridgehead atoms. The first-order valence-electron chi connectivity index (χ1n) is 7.23. The van der Waals surface area contributed by atoms with Crippen molar-refractivity contribution < 1.29 is 14.8 Å². The molecule has 3 rings (SSSR count). The van der Waals surface area contributed by atoms with E-state index in [0.717, 1.165) is 16.0 Å². The number of thioether (sulfide) groups is 1. The largest absolute Gasteiger partial charge is 0.348 e. The average molecular weight is 328 g/mol. The molecule has 23 heavy (non-hydrogen) atoms. The second kappa shape index (κ2) is 6.85. The zero-order chi connectivity index (χ0) is 16.2. The van der Waals surface area contributed by atoms with E-state index < -0.39 is 5.91 Å². The number of hydrogen-bond donors (Lipinski definition) is 3. The van der Waals surface area contributed by atoms with Gasteiger partial charge in [0.25, 0.3) is 11.8 Å². The molecule has 1 heterocycles. The highest BCUT2D eigenvalue weighted by Crippen LogP contribution is 2.37. The summed E-state index contributed by atoms with van der Waals surface area (Å²) in [7, 11) is 0. The lowest BCUT2D eigenvalue weighted by molar-refractivity contribution is -0.128. The zero-order valence-corrected chi connectivity index (χ0v) is 13.1. The molecule has 3 N–H and O–H groups in total. The molecule has 0 aliphatic carbocycles. The second-order valence-electron chi connectivity index (χ2n) is 5.28. The summed E-state index contributed by atoms with van der Waals surface area (Å²) in [6, 6.07) is 15.1. The highest BCUT2D eigenvalue weighted by molar-refractivity contribution is 8.01. The summed E-state index contributed by atoms with van der Waals surface area (Å²) in [5.74, 6) is -0.561. The van der Waals surface area contributed by atoms with Gasteiger partial charge in [0.15, 0.2) is 0 Å². The lowest BCUT2D eigenvalue weighted by Crippen LogP contribution is -2.29. The third-order valence-electron chi connectivity index (χ3n) is 3.70. The number of amides is 2. The maximum absolute atomic E-state index is 12.2. The Morgan fingerprint density at radius 2 is 1.96 bits per heavy atom. The Labute approximate surface area is 138 Å². The topological polar surface area (TPSA) is 78.4 Å². The Bertz CT molecular complexity index is 734. The quantitative estimate of drug-likeness (QED) is 0.593. The van der Waals surface area contributed by atoms with Crippen LogP contribution in [0, 0.1) is 0 Å². The first kappa shape index (κ1) is 15.6. The van der Waals surface area contributed by atoms with Crippen molar-refractivity contribution in [1.29, 1.82) is 0 Å². The average Bonchev–Trinajstić information content (AvgIpc) is 3.03. The first-order chi connectivity index (χ1) is 11.2. The van der Waals surface area contributed by atoms with Gasteiger partial charge in [0.1, 0.15) is 0 Å². The van der Waals surface area contributed by atoms with Crippen LogP contribution in [-0.4, -0.2) is 22.3 Å². The lowest BCUT2D eigenvalue weighted by Gasteiger charge is -2.07. The highest BCUT2D eigenvalue weighted by atomic mass is 32.2. The molecule has 1 atom stereocenters. The SMILES string of the molecule is O=C(NCc1ccccc1)c1ccc2c(c1)SC(C(=O)NO)C2. The summed E-state index contributed by atoms with van der Waals surface area (Å²) in [4.78, 5) is 24.7. The first-order valence-corrected chi connectivity index (χ1v) is 8.11. The summed E-state index contributed by atoms with van der Waals surface area (Å²) in [5.41, 5.74) is 4.30. The summed E-state index contributed by atoms with van der Waals surface area (Å²) in [5, 5.41) is 11.3. The molecule has 2 aromatic carbocycles. The highest BCUT2D eigenvalue weighted by Gasteiger charge is 2.28. The van der Waals surface area contributed by atoms with Gasteiger partial charge < -0.3 is 5.32 Å². The summed E-state index contributed by atoms with van der Waals surface area (Å²) < 4.78 is 0. The Balaban J connectivity index is 1.66. The molecule has 0 spiro atoms. The fourth-order valence-corrected chi connectivity index (χ4v) is 3.69. The minimum absolute atomic E-state index is 0.146. The molecule has 2 aromatic rings. The van der Waals surface area contributed by atoms with Gasteiger partial charge in [-0.25, -0.2) is 5.48 Å². The molecule has 0 radical (unpaired) electrons. The van der Waals surface area contributed by atoms with Crippen LogP contribution in [0.1, 0.15) is 21.5 Å². The van der Waals surface area contributed by atoms with Crippen molar-refractivity contribution in [2.75, 3.05) is 0 Å². The maximum Gasteiger partial charge on any atom is 0.257 e. The Kier molecular flexibility index (Phi) is 4.64. The zero-order valence-electron chi connectivity index (χ0n) is 12.3. The van der Waals surface area contributed by atoms with Crippen LogP contribution in [0.4, 0.5) is 0 Å². The van der Waals surface area contributed by atoms with Gasteiger partial charge in [-0.15, -0.1) is 11.8 Å². The predicted octanol–water partition coefficient (Wildman–Crippen LogP) is 2.14. The van der Waals surface area contributed by atoms with E-state index in [9.17, 15) is 9.59 Å². The smallest absolute Gasteiger partial charge is 0.257 e. The number of hydroxylamine groups is 1. The van der Waals surface area contributed by atoms with Crippen molar-refractivity contribution >= 4 is 23.6 Å². The molecule has 0 saturated heterocycles. The molecule has 1 aliphatic rings. The Morgan fingerprint density at radius 3 is 2.70 bits per heavy atom. The van der Waals surface area contributed by atoms with Gasteiger partial charge in [-0.05, 0) is 29.7 Å². The Hall–Kier alpha value is -2.31. The molecule has 0 aromatic heterocycles. The lowest BCUT2D eigenvalue weighted by atomic mass is 10.1. The molecule has 6 heteroatoms. The van der Waals surface area contributed by atoms with Crippen LogP contribution in [0.15, 0.2) is 53.4 Å². The fraction of sp³-hybridized carbons (Fsp3) is 0.176. The van der Waals surface area contributed by atoms with Crippen LogP contribution in [0.25, 0.3) is 0 Å². The number of carbonyl (C=O) groups excluding carboxylic acids is 2. The minimum Gasteiger partial charge on any atom is -0.348 e. The van der Waals surface area contributed by atoms with Gasteiger partial charge in [0.05, 0.1) is 5.25 Å². The number of hydrogen-bond acceptors (Lipinski definition) is 4. The number of nitrogens with one attached hydrogen (secondary N) is 2. The van der Waals surface area contributed by atoms with Crippen LogP contribution in [0.3, 0.4) is 0 Å². The van der Waals surface area contributed by atoms with Crippen LogP contribution >= 0.6 is 11.8 Å². The van der Waals surface area contributed by atoms with E-state index in [4.69, 9.17) is 5.21 Å². The van der Waals surface area contributed by atoms with Crippen LogP contribution in [0.2, 0.25) is 0 Å². The molecule has 1 aliphatic heterocycles. The minimum atomic E-state index is -0.415. The monoisotopic (exact) mass is 328 g/mol. The maximum atomic E-state index is 12.2. The molecular weight excluding hydrogens is 312 g/mol. The third kappa shape index (κ3) is 3.55. The van der Waals surface area contributed by atoms with Crippen LogP contribution < -0.4 is 10.8 Å². The predicted molar refractivity (Wildman–Crippen MR) is 87.3 cm³/mol. The third-order valence-corrected chi connectivity index (χ3v) is 5.00. The molecular formula is C17H16N2O3S. The standard InChI is InChI=1S/C17H16N2O3S/c20-16(18-10-11-4-2-1-3-5-11)13-7-6-12-8-15(17(21)19-22)23-14(12)9-13/h1-7,9,15,22H,8,10H2,(H,18,20)(H,19,21). The van der Waals surface area contributed by atoms with Crippen molar-refractivity contribution in [3.05, 3.63) is 65.2 Å². The molecule has 118 valence electrons. The summed E-state index contributed by atoms with van der Waals surface area (Å²) in [6.07, 6.45) is 0.554. The molecule has 5 nitrogen and oxygen atoms in total. The second-order valence-corrected chi connectivity index (χ2v) is 6.52. The fourth-order valence-electron chi connectivity index (χ4n) is 2.47. The number of carbonyl (C=O) groups is 2. The van der Waals surface area contributed by atoms with E-state index in [1.165, 1.54) is 11.8 Å². The molecule has 0 fully saturated rings. The van der Waals surface area contributed by atoms with Crippen molar-refractivity contribution in [2.45, 2.75) is 23.1 Å². The number of fused-ring (bicyclic) bond motifs is 1. The van der Waals surface area contributed by atoms with E-state index >= 15 is 0 Å². The van der Waals surface area contributed by atoms with Crippen molar-refractivity contribution in [3.63, 3.8) is 0 Å². The normalized spacial score (nSPS) is 15.8. The summed E-state index contributed by atoms with van der Waals surface area (Å²) >= 11 is 1.36. The number of rotatable bonds is 4. The molecule has 1 unspecified atom stereocenters. The van der Waals surface area contributed by atoms with E-state index in [0.29, 0.717) is 18.5 Å². The Morgan fingerprint density at radius 1 is 1.17 bits per heavy atom. The van der Waals surface area contributed by atoms with Crippen molar-refractivity contribution in [1.82, 2.24) is 10.8 Å². The van der Waals surface area contributed by atoms with Gasteiger partial charge in [0.2, 0.25) is 0 Å². The van der Waals surface area contributed by atoms with E-state index in [1.54, 1.807) is 17.6 Å². The molecule has 0 saturated carbocycles. The van der Waals surface area contributed by atoms with Gasteiger partial charge in [-0.1, -0.05) is 36.4 Å². The van der Waals surface area contributed by atoms with Crippen molar-refractivity contribution in [2.24, 2.45) is 0 Å². The van der Waals surface area contributed by atoms with Gasteiger partial charge in [-0.3, -0.25) is 14.8 Å². The van der Waals surface area contributed by atoms with E-state index in [-0.39, 0.29) is 11.2 Å². The summed E-state index contributed by atoms with van der Waals surface area (Å²) in [6.45, 7) is 0.472. The number of benzene rings is 2. The molecule has 2 amide bonds. The van der Waals surface area contributed by atoms with Gasteiger partial charge >= 0.3 is 0 Å².